The van der Waals surface area contributed by atoms with Gasteiger partial charge in [-0.2, -0.15) is 0 Å². The van der Waals surface area contributed by atoms with E-state index in [2.05, 4.69) is 32.6 Å². The fourth-order valence-electron chi connectivity index (χ4n) is 0.696. The molecule has 0 bridgehead atoms. The quantitative estimate of drug-likeness (QED) is 0.760. The first-order valence-electron chi connectivity index (χ1n) is 3.49. The van der Waals surface area contributed by atoms with Crippen LogP contribution in [-0.4, -0.2) is 16.1 Å². The van der Waals surface area contributed by atoms with Crippen molar-refractivity contribution in [2.24, 2.45) is 0 Å². The second kappa shape index (κ2) is 2.92. The summed E-state index contributed by atoms with van der Waals surface area (Å²) >= 11 is 2.17. The van der Waals surface area contributed by atoms with Crippen molar-refractivity contribution in [1.29, 1.82) is 0 Å². The minimum Gasteiger partial charge on any atom is -0.460 e. The summed E-state index contributed by atoms with van der Waals surface area (Å²) in [6.07, 6.45) is 6.19. The molecule has 1 aromatic rings. The Morgan fingerprint density at radius 3 is 2.55 bits per heavy atom. The molecule has 11 heavy (non-hydrogen) atoms. The predicted octanol–water partition coefficient (Wildman–Crippen LogP) is 1.62. The number of rotatable bonds is 2. The van der Waals surface area contributed by atoms with Gasteiger partial charge in [0.1, 0.15) is 6.10 Å². The fourth-order valence-corrected chi connectivity index (χ4v) is 0.975. The molecule has 0 N–H and O–H groups in total. The average Bonchev–Trinajstić information content (AvgIpc) is 2.78. The van der Waals surface area contributed by atoms with Gasteiger partial charge in [0, 0.05) is 16.0 Å². The smallest absolute Gasteiger partial charge is 0.316 e. The maximum Gasteiger partial charge on any atom is 0.316 e. The van der Waals surface area contributed by atoms with Gasteiger partial charge in [-0.3, -0.25) is 0 Å². The van der Waals surface area contributed by atoms with E-state index in [0.717, 1.165) is 16.4 Å². The zero-order valence-corrected chi connectivity index (χ0v) is 7.98. The van der Waals surface area contributed by atoms with Crippen molar-refractivity contribution in [3.05, 3.63) is 16.0 Å². The summed E-state index contributed by atoms with van der Waals surface area (Å²) in [6.45, 7) is 0. The molecular formula is C7H7IN2O. The standard InChI is InChI=1S/C7H7IN2O/c8-5-3-9-7(10-4-5)11-6-1-2-6/h3-4,6H,1-2H2. The van der Waals surface area contributed by atoms with E-state index in [9.17, 15) is 0 Å². The van der Waals surface area contributed by atoms with Crippen LogP contribution in [0.3, 0.4) is 0 Å². The van der Waals surface area contributed by atoms with Crippen LogP contribution in [0.2, 0.25) is 0 Å². The first-order valence-corrected chi connectivity index (χ1v) is 4.57. The van der Waals surface area contributed by atoms with Crippen LogP contribution in [0.5, 0.6) is 6.01 Å². The highest BCUT2D eigenvalue weighted by Crippen LogP contribution is 2.24. The molecule has 1 saturated carbocycles. The zero-order chi connectivity index (χ0) is 7.68. The SMILES string of the molecule is Ic1cnc(OC2CC2)nc1. The molecule has 58 valence electrons. The second-order valence-corrected chi connectivity index (χ2v) is 3.75. The minimum atomic E-state index is 0.384. The molecule has 0 spiro atoms. The molecule has 3 nitrogen and oxygen atoms in total. The highest BCUT2D eigenvalue weighted by Gasteiger charge is 2.24. The Bertz CT molecular complexity index is 245. The third-order valence-electron chi connectivity index (χ3n) is 1.39. The highest BCUT2D eigenvalue weighted by molar-refractivity contribution is 14.1. The van der Waals surface area contributed by atoms with Crippen LogP contribution in [-0.2, 0) is 0 Å². The summed E-state index contributed by atoms with van der Waals surface area (Å²) in [7, 11) is 0. The number of aromatic nitrogens is 2. The average molecular weight is 262 g/mol. The van der Waals surface area contributed by atoms with Gasteiger partial charge in [0.25, 0.3) is 0 Å². The van der Waals surface area contributed by atoms with Gasteiger partial charge in [-0.1, -0.05) is 0 Å². The molecule has 0 amide bonds. The van der Waals surface area contributed by atoms with Crippen molar-refractivity contribution >= 4 is 22.6 Å². The van der Waals surface area contributed by atoms with Crippen LogP contribution in [0.25, 0.3) is 0 Å². The summed E-state index contributed by atoms with van der Waals surface area (Å²) in [4.78, 5) is 8.04. The van der Waals surface area contributed by atoms with Gasteiger partial charge in [-0.25, -0.2) is 9.97 Å². The summed E-state index contributed by atoms with van der Waals surface area (Å²) in [5.41, 5.74) is 0. The van der Waals surface area contributed by atoms with Crippen molar-refractivity contribution < 1.29 is 4.74 Å². The van der Waals surface area contributed by atoms with Crippen molar-refractivity contribution in [1.82, 2.24) is 9.97 Å². The Hall–Kier alpha value is -0.390. The largest absolute Gasteiger partial charge is 0.460 e. The van der Waals surface area contributed by atoms with Gasteiger partial charge < -0.3 is 4.74 Å². The third-order valence-corrected chi connectivity index (χ3v) is 1.95. The van der Waals surface area contributed by atoms with Crippen LogP contribution < -0.4 is 4.74 Å². The van der Waals surface area contributed by atoms with E-state index in [1.807, 2.05) is 0 Å². The van der Waals surface area contributed by atoms with Crippen molar-refractivity contribution in [3.8, 4) is 6.01 Å². The van der Waals surface area contributed by atoms with Crippen LogP contribution in [0.4, 0.5) is 0 Å². The van der Waals surface area contributed by atoms with Gasteiger partial charge >= 0.3 is 6.01 Å². The summed E-state index contributed by atoms with van der Waals surface area (Å²) in [6, 6.07) is 0.507. The van der Waals surface area contributed by atoms with E-state index in [0.29, 0.717) is 12.1 Å². The maximum absolute atomic E-state index is 5.35. The molecule has 0 radical (unpaired) electrons. The van der Waals surface area contributed by atoms with Crippen molar-refractivity contribution in [3.63, 3.8) is 0 Å². The van der Waals surface area contributed by atoms with Crippen molar-refractivity contribution in [2.45, 2.75) is 18.9 Å². The summed E-state index contributed by atoms with van der Waals surface area (Å²) in [5.74, 6) is 0. The number of ether oxygens (including phenoxy) is 1. The lowest BCUT2D eigenvalue weighted by molar-refractivity contribution is 0.278. The summed E-state index contributed by atoms with van der Waals surface area (Å²) in [5, 5.41) is 0. The van der Waals surface area contributed by atoms with Crippen LogP contribution in [0.15, 0.2) is 12.4 Å². The van der Waals surface area contributed by atoms with Crippen LogP contribution in [0, 0.1) is 3.57 Å². The Labute approximate surface area is 78.3 Å². The first-order chi connectivity index (χ1) is 5.34. The zero-order valence-electron chi connectivity index (χ0n) is 5.83. The number of nitrogens with zero attached hydrogens (tertiary/aromatic N) is 2. The number of halogens is 1. The molecule has 0 atom stereocenters. The highest BCUT2D eigenvalue weighted by atomic mass is 127. The molecular weight excluding hydrogens is 255 g/mol. The Balaban J connectivity index is 2.06. The summed E-state index contributed by atoms with van der Waals surface area (Å²) < 4.78 is 6.39. The molecule has 0 saturated heterocycles. The van der Waals surface area contributed by atoms with E-state index in [4.69, 9.17) is 4.74 Å². The van der Waals surface area contributed by atoms with Gasteiger partial charge in [0.05, 0.1) is 0 Å². The third kappa shape index (κ3) is 2.02. The molecule has 1 aliphatic rings. The molecule has 2 rings (SSSR count). The molecule has 1 aliphatic carbocycles. The molecule has 0 aromatic carbocycles. The van der Waals surface area contributed by atoms with Gasteiger partial charge in [-0.15, -0.1) is 0 Å². The van der Waals surface area contributed by atoms with Crippen LogP contribution >= 0.6 is 22.6 Å². The van der Waals surface area contributed by atoms with E-state index in [-0.39, 0.29) is 0 Å². The topological polar surface area (TPSA) is 35.0 Å². The lowest BCUT2D eigenvalue weighted by Gasteiger charge is -1.99. The van der Waals surface area contributed by atoms with E-state index in [1.165, 1.54) is 0 Å². The predicted molar refractivity (Wildman–Crippen MR) is 48.4 cm³/mol. The normalized spacial score (nSPS) is 16.5. The maximum atomic E-state index is 5.35. The lowest BCUT2D eigenvalue weighted by Crippen LogP contribution is -2.00. The first kappa shape index (κ1) is 7.27. The molecule has 4 heteroatoms. The van der Waals surface area contributed by atoms with Gasteiger partial charge in [0.15, 0.2) is 0 Å². The molecule has 1 heterocycles. The second-order valence-electron chi connectivity index (χ2n) is 2.50. The van der Waals surface area contributed by atoms with E-state index >= 15 is 0 Å². The molecule has 1 fully saturated rings. The Morgan fingerprint density at radius 1 is 1.36 bits per heavy atom. The van der Waals surface area contributed by atoms with E-state index < -0.39 is 0 Å². The molecule has 0 unspecified atom stereocenters. The minimum absolute atomic E-state index is 0.384. The Kier molecular flexibility index (Phi) is 1.93. The lowest BCUT2D eigenvalue weighted by atomic mass is 10.7. The monoisotopic (exact) mass is 262 g/mol. The van der Waals surface area contributed by atoms with E-state index in [1.54, 1.807) is 12.4 Å². The number of hydrogen-bond donors (Lipinski definition) is 0. The fraction of sp³-hybridized carbons (Fsp3) is 0.429. The molecule has 0 aliphatic heterocycles. The van der Waals surface area contributed by atoms with Gasteiger partial charge in [-0.05, 0) is 35.4 Å². The number of hydrogen-bond acceptors (Lipinski definition) is 3. The van der Waals surface area contributed by atoms with Crippen molar-refractivity contribution in [2.75, 3.05) is 0 Å². The molecule has 1 aromatic heterocycles. The van der Waals surface area contributed by atoms with Gasteiger partial charge in [0.2, 0.25) is 0 Å². The van der Waals surface area contributed by atoms with Crippen LogP contribution in [0.1, 0.15) is 12.8 Å². The Morgan fingerprint density at radius 2 is 2.00 bits per heavy atom.